The number of hydrogen-bond acceptors (Lipinski definition) is 3. The average Bonchev–Trinajstić information content (AvgIpc) is 2.91. The summed E-state index contributed by atoms with van der Waals surface area (Å²) in [6.07, 6.45) is 2.11. The molecule has 0 saturated carbocycles. The second-order valence-electron chi connectivity index (χ2n) is 4.15. The molecule has 0 saturated heterocycles. The fraction of sp³-hybridized carbons (Fsp3) is 0.538. The molecule has 5 heteroatoms. The predicted molar refractivity (Wildman–Crippen MR) is 73.7 cm³/mol. The van der Waals surface area contributed by atoms with Crippen LogP contribution < -0.4 is 10.6 Å². The molecule has 0 fully saturated rings. The van der Waals surface area contributed by atoms with E-state index in [2.05, 4.69) is 24.5 Å². The number of nitrogens with one attached hydrogen (secondary N) is 2. The van der Waals surface area contributed by atoms with E-state index in [1.165, 1.54) is 11.3 Å². The van der Waals surface area contributed by atoms with Crippen LogP contribution in [-0.4, -0.2) is 24.9 Å². The average molecular weight is 268 g/mol. The van der Waals surface area contributed by atoms with Gasteiger partial charge in [0.1, 0.15) is 0 Å². The van der Waals surface area contributed by atoms with Crippen molar-refractivity contribution in [3.05, 3.63) is 22.4 Å². The summed E-state index contributed by atoms with van der Waals surface area (Å²) in [7, 11) is 0. The van der Waals surface area contributed by atoms with E-state index in [0.717, 1.165) is 12.8 Å². The van der Waals surface area contributed by atoms with Gasteiger partial charge >= 0.3 is 0 Å². The zero-order chi connectivity index (χ0) is 13.4. The van der Waals surface area contributed by atoms with Gasteiger partial charge in [-0.05, 0) is 17.4 Å². The van der Waals surface area contributed by atoms with Crippen molar-refractivity contribution in [2.24, 2.45) is 5.92 Å². The van der Waals surface area contributed by atoms with Crippen LogP contribution in [0, 0.1) is 5.92 Å². The molecule has 1 rings (SSSR count). The number of carbonyl (C=O) groups is 2. The van der Waals surface area contributed by atoms with Crippen molar-refractivity contribution in [2.75, 3.05) is 13.1 Å². The summed E-state index contributed by atoms with van der Waals surface area (Å²) in [6, 6.07) is 3.55. The first kappa shape index (κ1) is 14.7. The maximum Gasteiger partial charge on any atom is 0.261 e. The Morgan fingerprint density at radius 1 is 1.28 bits per heavy atom. The molecule has 0 unspecified atom stereocenters. The van der Waals surface area contributed by atoms with Gasteiger partial charge < -0.3 is 10.6 Å². The molecular weight excluding hydrogens is 248 g/mol. The largest absolute Gasteiger partial charge is 0.354 e. The molecule has 1 heterocycles. The topological polar surface area (TPSA) is 58.2 Å². The van der Waals surface area contributed by atoms with Crippen LogP contribution in [0.1, 0.15) is 36.4 Å². The normalized spacial score (nSPS) is 10.4. The van der Waals surface area contributed by atoms with Crippen LogP contribution in [0.4, 0.5) is 0 Å². The van der Waals surface area contributed by atoms with E-state index < -0.39 is 0 Å². The molecule has 18 heavy (non-hydrogen) atoms. The summed E-state index contributed by atoms with van der Waals surface area (Å²) in [4.78, 5) is 23.7. The molecule has 1 aromatic rings. The third kappa shape index (κ3) is 4.87. The van der Waals surface area contributed by atoms with Gasteiger partial charge in [0, 0.05) is 6.54 Å². The molecule has 0 atom stereocenters. The molecule has 0 aliphatic rings. The van der Waals surface area contributed by atoms with Crippen LogP contribution in [0.2, 0.25) is 0 Å². The molecule has 0 radical (unpaired) electrons. The van der Waals surface area contributed by atoms with Crippen molar-refractivity contribution in [2.45, 2.75) is 26.7 Å². The van der Waals surface area contributed by atoms with Gasteiger partial charge in [0.25, 0.3) is 5.91 Å². The van der Waals surface area contributed by atoms with Crippen molar-refractivity contribution < 1.29 is 9.59 Å². The lowest BCUT2D eigenvalue weighted by molar-refractivity contribution is -0.120. The summed E-state index contributed by atoms with van der Waals surface area (Å²) in [5, 5.41) is 7.27. The van der Waals surface area contributed by atoms with E-state index in [1.54, 1.807) is 6.07 Å². The van der Waals surface area contributed by atoms with Gasteiger partial charge in [-0.2, -0.15) is 0 Å². The zero-order valence-electron chi connectivity index (χ0n) is 10.9. The lowest BCUT2D eigenvalue weighted by Crippen LogP contribution is -2.38. The highest BCUT2D eigenvalue weighted by molar-refractivity contribution is 7.12. The van der Waals surface area contributed by atoms with Gasteiger partial charge in [0.15, 0.2) is 0 Å². The molecular formula is C13H20N2O2S. The zero-order valence-corrected chi connectivity index (χ0v) is 11.7. The third-order valence-corrected chi connectivity index (χ3v) is 3.77. The summed E-state index contributed by atoms with van der Waals surface area (Å²) < 4.78 is 0. The monoisotopic (exact) mass is 268 g/mol. The number of rotatable bonds is 7. The predicted octanol–water partition coefficient (Wildman–Crippen LogP) is 2.03. The van der Waals surface area contributed by atoms with Crippen LogP contribution in [0.3, 0.4) is 0 Å². The molecule has 0 aromatic carbocycles. The standard InChI is InChI=1S/C13H20N2O2S/c1-3-10(4-2)8-14-12(16)9-15-13(17)11-6-5-7-18-11/h5-7,10H,3-4,8-9H2,1-2H3,(H,14,16)(H,15,17). The van der Waals surface area contributed by atoms with Crippen LogP contribution in [0.5, 0.6) is 0 Å². The quantitative estimate of drug-likeness (QED) is 0.795. The van der Waals surface area contributed by atoms with Crippen LogP contribution in [-0.2, 0) is 4.79 Å². The highest BCUT2D eigenvalue weighted by Crippen LogP contribution is 2.07. The second kappa shape index (κ2) is 7.87. The summed E-state index contributed by atoms with van der Waals surface area (Å²) in [5.74, 6) is 0.191. The molecule has 1 aromatic heterocycles. The van der Waals surface area contributed by atoms with E-state index in [0.29, 0.717) is 17.3 Å². The first-order valence-corrected chi connectivity index (χ1v) is 7.13. The Bertz CT molecular complexity index is 372. The SMILES string of the molecule is CCC(CC)CNC(=O)CNC(=O)c1cccs1. The number of thiophene rings is 1. The molecule has 0 spiro atoms. The van der Waals surface area contributed by atoms with Gasteiger partial charge in [-0.3, -0.25) is 9.59 Å². The van der Waals surface area contributed by atoms with E-state index in [-0.39, 0.29) is 18.4 Å². The minimum Gasteiger partial charge on any atom is -0.354 e. The van der Waals surface area contributed by atoms with Crippen LogP contribution >= 0.6 is 11.3 Å². The third-order valence-electron chi connectivity index (χ3n) is 2.90. The second-order valence-corrected chi connectivity index (χ2v) is 5.09. The van der Waals surface area contributed by atoms with Crippen LogP contribution in [0.25, 0.3) is 0 Å². The van der Waals surface area contributed by atoms with Gasteiger partial charge in [-0.25, -0.2) is 0 Å². The Balaban J connectivity index is 2.23. The van der Waals surface area contributed by atoms with Crippen molar-refractivity contribution in [1.29, 1.82) is 0 Å². The molecule has 100 valence electrons. The molecule has 2 amide bonds. The Morgan fingerprint density at radius 3 is 2.56 bits per heavy atom. The smallest absolute Gasteiger partial charge is 0.261 e. The molecule has 0 aliphatic heterocycles. The van der Waals surface area contributed by atoms with Crippen molar-refractivity contribution in [3.63, 3.8) is 0 Å². The van der Waals surface area contributed by atoms with E-state index in [1.807, 2.05) is 11.4 Å². The number of carbonyl (C=O) groups excluding carboxylic acids is 2. The summed E-state index contributed by atoms with van der Waals surface area (Å²) in [5.41, 5.74) is 0. The van der Waals surface area contributed by atoms with Crippen LogP contribution in [0.15, 0.2) is 17.5 Å². The molecule has 0 aliphatic carbocycles. The molecule has 2 N–H and O–H groups in total. The Morgan fingerprint density at radius 2 is 2.00 bits per heavy atom. The van der Waals surface area contributed by atoms with Gasteiger partial charge in [0.2, 0.25) is 5.91 Å². The van der Waals surface area contributed by atoms with E-state index in [9.17, 15) is 9.59 Å². The maximum atomic E-state index is 11.6. The molecule has 0 bridgehead atoms. The maximum absolute atomic E-state index is 11.6. The van der Waals surface area contributed by atoms with Crippen molar-refractivity contribution in [1.82, 2.24) is 10.6 Å². The highest BCUT2D eigenvalue weighted by Gasteiger charge is 2.09. The van der Waals surface area contributed by atoms with Gasteiger partial charge in [-0.15, -0.1) is 11.3 Å². The number of amides is 2. The van der Waals surface area contributed by atoms with Gasteiger partial charge in [-0.1, -0.05) is 32.8 Å². The van der Waals surface area contributed by atoms with E-state index >= 15 is 0 Å². The minimum absolute atomic E-state index is 0.0386. The van der Waals surface area contributed by atoms with E-state index in [4.69, 9.17) is 0 Å². The lowest BCUT2D eigenvalue weighted by atomic mass is 10.0. The molecule has 4 nitrogen and oxygen atoms in total. The van der Waals surface area contributed by atoms with Crippen molar-refractivity contribution in [3.8, 4) is 0 Å². The van der Waals surface area contributed by atoms with Gasteiger partial charge in [0.05, 0.1) is 11.4 Å². The Labute approximate surface area is 112 Å². The highest BCUT2D eigenvalue weighted by atomic mass is 32.1. The van der Waals surface area contributed by atoms with Crippen molar-refractivity contribution >= 4 is 23.2 Å². The fourth-order valence-corrected chi connectivity index (χ4v) is 2.19. The number of hydrogen-bond donors (Lipinski definition) is 2. The fourth-order valence-electron chi connectivity index (χ4n) is 1.55. The first-order valence-electron chi connectivity index (χ1n) is 6.25. The lowest BCUT2D eigenvalue weighted by Gasteiger charge is -2.13. The Hall–Kier alpha value is -1.36. The Kier molecular flexibility index (Phi) is 6.43. The first-order chi connectivity index (χ1) is 8.67. The minimum atomic E-state index is -0.192. The summed E-state index contributed by atoms with van der Waals surface area (Å²) >= 11 is 1.36. The summed E-state index contributed by atoms with van der Waals surface area (Å²) in [6.45, 7) is 4.94.